The summed E-state index contributed by atoms with van der Waals surface area (Å²) in [5, 5.41) is 117. The van der Waals surface area contributed by atoms with Crippen LogP contribution in [0.3, 0.4) is 0 Å². The number of carbonyl (C=O) groups excluding carboxylic acids is 1. The number of aliphatic hydroxyl groups is 10. The summed E-state index contributed by atoms with van der Waals surface area (Å²) >= 11 is 0. The van der Waals surface area contributed by atoms with Gasteiger partial charge in [0.1, 0.15) is 85.5 Å². The number of hydrogen-bond acceptors (Lipinski definition) is 22. The fourth-order valence-corrected chi connectivity index (χ4v) is 6.43. The van der Waals surface area contributed by atoms with Crippen LogP contribution < -0.4 is 28.3 Å². The minimum atomic E-state index is -2.01. The number of nitrogens with one attached hydrogen (secondary N) is 1. The first-order chi connectivity index (χ1) is 24.4. The molecule has 4 rings (SSSR count). The predicted molar refractivity (Wildman–Crippen MR) is 165 cm³/mol. The molecule has 1 amide bonds. The highest BCUT2D eigenvalue weighted by molar-refractivity contribution is 5.80. The Hall–Kier alpha value is -1.86. The standard InChI is InChI=1S/C28H51N5O19/c29-2-1-8(34)24(44)33-7-3-6(31)21(50-28-19(42)15(38)13(36)9(4-30)48-28)20(43)22(7)51-27-14(37)11(32)12(35)10(49-27)5-47-26-18(41)16(39)17(40)23(52-26)25(45)46/h6-23,26-28,34-43H,1-5,29-32H2,(H,33,44)(H,45,46)/t6-,7+,8-,9+,10+,11-,12+,13+,14+,15-,16?,17?,18?,19+,20-,21+,22-,23?,26?,27+,28+/m0/s1. The summed E-state index contributed by atoms with van der Waals surface area (Å²) < 4.78 is 33.4. The molecule has 0 bridgehead atoms. The molecule has 52 heavy (non-hydrogen) atoms. The van der Waals surface area contributed by atoms with Crippen molar-refractivity contribution in [2.75, 3.05) is 19.7 Å². The van der Waals surface area contributed by atoms with Crippen molar-refractivity contribution in [1.82, 2.24) is 5.32 Å². The van der Waals surface area contributed by atoms with Crippen molar-refractivity contribution in [2.24, 2.45) is 22.9 Å². The average Bonchev–Trinajstić information content (AvgIpc) is 3.10. The van der Waals surface area contributed by atoms with Gasteiger partial charge < -0.3 is 113 Å². The van der Waals surface area contributed by atoms with E-state index in [1.54, 1.807) is 0 Å². The number of aliphatic hydroxyl groups excluding tert-OH is 10. The number of carbonyl (C=O) groups is 2. The Morgan fingerprint density at radius 2 is 1.29 bits per heavy atom. The van der Waals surface area contributed by atoms with Crippen molar-refractivity contribution in [3.63, 3.8) is 0 Å². The Morgan fingerprint density at radius 1 is 0.712 bits per heavy atom. The van der Waals surface area contributed by atoms with Gasteiger partial charge in [0, 0.05) is 12.6 Å². The van der Waals surface area contributed by atoms with E-state index >= 15 is 0 Å². The number of carboxylic acid groups (broad SMARTS) is 1. The predicted octanol–water partition coefficient (Wildman–Crippen LogP) is -10.5. The van der Waals surface area contributed by atoms with Gasteiger partial charge in [0.25, 0.3) is 0 Å². The summed E-state index contributed by atoms with van der Waals surface area (Å²) in [6.07, 6.45) is -31.7. The molecule has 1 saturated carbocycles. The smallest absolute Gasteiger partial charge is 0.335 e. The first-order valence-corrected chi connectivity index (χ1v) is 16.6. The fraction of sp³-hybridized carbons (Fsp3) is 0.929. The maximum absolute atomic E-state index is 12.8. The molecule has 0 radical (unpaired) electrons. The van der Waals surface area contributed by atoms with Crippen LogP contribution in [-0.4, -0.2) is 216 Å². The number of carboxylic acids is 1. The monoisotopic (exact) mass is 761 g/mol. The highest BCUT2D eigenvalue weighted by atomic mass is 16.7. The van der Waals surface area contributed by atoms with Gasteiger partial charge in [-0.3, -0.25) is 4.79 Å². The molecule has 3 aliphatic heterocycles. The second-order valence-corrected chi connectivity index (χ2v) is 13.2. The van der Waals surface area contributed by atoms with Gasteiger partial charge in [0.15, 0.2) is 25.0 Å². The summed E-state index contributed by atoms with van der Waals surface area (Å²) in [5.74, 6) is -2.61. The Labute approximate surface area is 295 Å². The number of nitrogens with two attached hydrogens (primary N) is 4. The third-order valence-corrected chi connectivity index (χ3v) is 9.57. The Kier molecular flexibility index (Phi) is 15.0. The van der Waals surface area contributed by atoms with Crippen LogP contribution in [0.25, 0.3) is 0 Å². The van der Waals surface area contributed by atoms with Gasteiger partial charge in [-0.2, -0.15) is 0 Å². The molecule has 0 spiro atoms. The Balaban J connectivity index is 1.54. The van der Waals surface area contributed by atoms with Crippen molar-refractivity contribution in [1.29, 1.82) is 0 Å². The highest BCUT2D eigenvalue weighted by Crippen LogP contribution is 2.33. The summed E-state index contributed by atoms with van der Waals surface area (Å²) in [5.41, 5.74) is 23.4. The van der Waals surface area contributed by atoms with Crippen molar-refractivity contribution in [3.8, 4) is 0 Å². The van der Waals surface area contributed by atoms with Crippen LogP contribution in [0, 0.1) is 0 Å². The first kappa shape index (κ1) is 42.9. The molecule has 5 unspecified atom stereocenters. The summed E-state index contributed by atoms with van der Waals surface area (Å²) in [4.78, 5) is 24.3. The number of aliphatic carboxylic acids is 1. The van der Waals surface area contributed by atoms with E-state index in [-0.39, 0.29) is 25.9 Å². The lowest BCUT2D eigenvalue weighted by molar-refractivity contribution is -0.339. The maximum atomic E-state index is 12.8. The number of ether oxygens (including phenoxy) is 6. The number of hydrogen-bond donors (Lipinski definition) is 16. The van der Waals surface area contributed by atoms with Gasteiger partial charge >= 0.3 is 5.97 Å². The largest absolute Gasteiger partial charge is 0.479 e. The third kappa shape index (κ3) is 9.15. The maximum Gasteiger partial charge on any atom is 0.335 e. The lowest BCUT2D eigenvalue weighted by atomic mass is 9.83. The molecular weight excluding hydrogens is 710 g/mol. The van der Waals surface area contributed by atoms with E-state index in [2.05, 4.69) is 5.32 Å². The molecule has 4 fully saturated rings. The molecule has 20 N–H and O–H groups in total. The zero-order chi connectivity index (χ0) is 38.8. The topological polar surface area (TPSA) is 428 Å². The second-order valence-electron chi connectivity index (χ2n) is 13.2. The van der Waals surface area contributed by atoms with E-state index in [9.17, 15) is 65.8 Å². The second kappa shape index (κ2) is 18.2. The van der Waals surface area contributed by atoms with Crippen LogP contribution in [0.4, 0.5) is 0 Å². The van der Waals surface area contributed by atoms with Crippen LogP contribution in [-0.2, 0) is 38.0 Å². The Morgan fingerprint density at radius 3 is 1.90 bits per heavy atom. The lowest BCUT2D eigenvalue weighted by Gasteiger charge is -2.49. The van der Waals surface area contributed by atoms with Crippen LogP contribution in [0.5, 0.6) is 0 Å². The van der Waals surface area contributed by atoms with Crippen molar-refractivity contribution < 1.29 is 94.2 Å². The first-order valence-electron chi connectivity index (χ1n) is 16.6. The van der Waals surface area contributed by atoms with E-state index in [0.717, 1.165) is 0 Å². The van der Waals surface area contributed by atoms with Gasteiger partial charge in [0.05, 0.1) is 18.7 Å². The van der Waals surface area contributed by atoms with Gasteiger partial charge in [-0.05, 0) is 19.4 Å². The van der Waals surface area contributed by atoms with Crippen molar-refractivity contribution in [2.45, 2.75) is 141 Å². The highest BCUT2D eigenvalue weighted by Gasteiger charge is 2.53. The molecule has 24 nitrogen and oxygen atoms in total. The third-order valence-electron chi connectivity index (χ3n) is 9.57. The summed E-state index contributed by atoms with van der Waals surface area (Å²) in [6, 6.07) is -3.94. The molecule has 302 valence electrons. The van der Waals surface area contributed by atoms with E-state index < -0.39 is 147 Å². The summed E-state index contributed by atoms with van der Waals surface area (Å²) in [6.45, 7) is -1.09. The van der Waals surface area contributed by atoms with Gasteiger partial charge in [-0.25, -0.2) is 4.79 Å². The van der Waals surface area contributed by atoms with Crippen LogP contribution in [0.15, 0.2) is 0 Å². The zero-order valence-corrected chi connectivity index (χ0v) is 27.7. The number of rotatable bonds is 13. The van der Waals surface area contributed by atoms with E-state index in [0.29, 0.717) is 0 Å². The number of amides is 1. The molecule has 0 aromatic heterocycles. The molecule has 21 atom stereocenters. The molecular formula is C28H51N5O19. The van der Waals surface area contributed by atoms with Gasteiger partial charge in [-0.15, -0.1) is 0 Å². The van der Waals surface area contributed by atoms with E-state index in [4.69, 9.17) is 51.4 Å². The minimum absolute atomic E-state index is 0.0590. The molecule has 0 aromatic carbocycles. The Bertz CT molecular complexity index is 1180. The molecule has 3 saturated heterocycles. The fourth-order valence-electron chi connectivity index (χ4n) is 6.43. The zero-order valence-electron chi connectivity index (χ0n) is 27.7. The molecule has 24 heteroatoms. The molecule has 3 heterocycles. The van der Waals surface area contributed by atoms with Crippen LogP contribution in [0.2, 0.25) is 0 Å². The summed E-state index contributed by atoms with van der Waals surface area (Å²) in [7, 11) is 0. The van der Waals surface area contributed by atoms with E-state index in [1.807, 2.05) is 0 Å². The quantitative estimate of drug-likeness (QED) is 0.0828. The molecule has 4 aliphatic rings. The normalized spacial score (nSPS) is 47.8. The van der Waals surface area contributed by atoms with Crippen molar-refractivity contribution in [3.05, 3.63) is 0 Å². The van der Waals surface area contributed by atoms with Crippen LogP contribution >= 0.6 is 0 Å². The van der Waals surface area contributed by atoms with Gasteiger partial charge in [-0.1, -0.05) is 0 Å². The van der Waals surface area contributed by atoms with Gasteiger partial charge in [0.2, 0.25) is 5.91 Å². The average molecular weight is 762 g/mol. The van der Waals surface area contributed by atoms with Crippen LogP contribution in [0.1, 0.15) is 12.8 Å². The molecule has 1 aliphatic carbocycles. The van der Waals surface area contributed by atoms with E-state index in [1.165, 1.54) is 0 Å². The van der Waals surface area contributed by atoms with Crippen molar-refractivity contribution >= 4 is 11.9 Å². The molecule has 0 aromatic rings. The SMILES string of the molecule is NCC[C@H](O)C(=O)N[C@@H]1C[C@H](N)[C@@H](O[C@H]2O[C@H](CN)[C@@H](O)[C@H](O)[C@H]2O)[C@H](O)[C@H]1O[C@H]1O[C@H](COC2OC(C(=O)O)C(O)C(O)C2O)[C@@H](O)[C@H](N)[C@H]1O. The minimum Gasteiger partial charge on any atom is -0.479 e. The lowest BCUT2D eigenvalue weighted by Crippen LogP contribution is -2.69.